The van der Waals surface area contributed by atoms with Crippen molar-refractivity contribution in [3.63, 3.8) is 0 Å². The van der Waals surface area contributed by atoms with E-state index in [2.05, 4.69) is 0 Å². The van der Waals surface area contributed by atoms with Crippen LogP contribution in [0.25, 0.3) is 0 Å². The second-order valence-corrected chi connectivity index (χ2v) is 8.12. The van der Waals surface area contributed by atoms with Crippen LogP contribution in [-0.2, 0) is 13.0 Å². The molecule has 0 aliphatic rings. The van der Waals surface area contributed by atoms with E-state index in [0.717, 1.165) is 21.3 Å². The number of nitriles is 1. The van der Waals surface area contributed by atoms with E-state index in [0.29, 0.717) is 6.42 Å². The van der Waals surface area contributed by atoms with Crippen LogP contribution in [0.2, 0.25) is 0 Å². The zero-order chi connectivity index (χ0) is 24.1. The minimum Gasteiger partial charge on any atom is -0.494 e. The molecule has 168 valence electrons. The zero-order valence-corrected chi connectivity index (χ0v) is 18.8. The molecular weight excluding hydrogens is 424 g/mol. The van der Waals surface area contributed by atoms with E-state index < -0.39 is 17.4 Å². The molecule has 1 heterocycles. The molecule has 0 aliphatic heterocycles. The molecule has 5 nitrogen and oxygen atoms in total. The third kappa shape index (κ3) is 4.39. The predicted molar refractivity (Wildman–Crippen MR) is 131 cm³/mol. The van der Waals surface area contributed by atoms with Gasteiger partial charge in [0.25, 0.3) is 5.56 Å². The highest BCUT2D eigenvalue weighted by Crippen LogP contribution is 2.33. The fraction of sp³-hybridized carbons (Fsp3) is 0.138. The average Bonchev–Trinajstić information content (AvgIpc) is 2.86. The number of aromatic hydroxyl groups is 1. The van der Waals surface area contributed by atoms with Gasteiger partial charge in [0.1, 0.15) is 11.6 Å². The number of Topliss-reactive ketones (excluding diaryl/α,β-unsaturated/α-hetero) is 1. The summed E-state index contributed by atoms with van der Waals surface area (Å²) in [7, 11) is 0. The summed E-state index contributed by atoms with van der Waals surface area (Å²) in [5, 5.41) is 20.9. The fourth-order valence-electron chi connectivity index (χ4n) is 4.27. The molecule has 0 unspecified atom stereocenters. The topological polar surface area (TPSA) is 83.1 Å². The Balaban J connectivity index is 1.86. The summed E-state index contributed by atoms with van der Waals surface area (Å²) >= 11 is 0. The first-order valence-corrected chi connectivity index (χ1v) is 11.1. The normalized spacial score (nSPS) is 10.7. The van der Waals surface area contributed by atoms with Gasteiger partial charge in [-0.15, -0.1) is 0 Å². The lowest BCUT2D eigenvalue weighted by Crippen LogP contribution is -2.28. The number of ketones is 1. The molecule has 1 N–H and O–H groups in total. The van der Waals surface area contributed by atoms with E-state index in [1.807, 2.05) is 97.1 Å². The van der Waals surface area contributed by atoms with Gasteiger partial charge in [0.05, 0.1) is 11.5 Å². The second-order valence-electron chi connectivity index (χ2n) is 8.12. The lowest BCUT2D eigenvalue weighted by Gasteiger charge is -2.21. The first-order chi connectivity index (χ1) is 16.5. The summed E-state index contributed by atoms with van der Waals surface area (Å²) in [6.07, 6.45) is 0.469. The monoisotopic (exact) mass is 448 g/mol. The number of nitrogens with zero attached hydrogens (tertiary/aromatic N) is 2. The van der Waals surface area contributed by atoms with Crippen molar-refractivity contribution in [3.05, 3.63) is 135 Å². The van der Waals surface area contributed by atoms with Crippen molar-refractivity contribution in [2.24, 2.45) is 0 Å². The second kappa shape index (κ2) is 10.0. The van der Waals surface area contributed by atoms with E-state index in [1.54, 1.807) is 6.92 Å². The Labute approximate surface area is 198 Å². The van der Waals surface area contributed by atoms with Crippen molar-refractivity contribution >= 4 is 5.78 Å². The highest BCUT2D eigenvalue weighted by Gasteiger charge is 2.31. The van der Waals surface area contributed by atoms with Crippen molar-refractivity contribution in [2.45, 2.75) is 25.8 Å². The maximum absolute atomic E-state index is 14.0. The van der Waals surface area contributed by atoms with Crippen LogP contribution in [0.4, 0.5) is 0 Å². The SMILES string of the molecule is Cc1c(C(=O)C(c2ccccc2)c2ccccc2)c(O)n(CCc2ccccc2)c(=O)c1C#N. The van der Waals surface area contributed by atoms with Crippen LogP contribution in [0.15, 0.2) is 95.8 Å². The number of carbonyl (C=O) groups is 1. The number of rotatable bonds is 7. The molecular formula is C29H24N2O3. The van der Waals surface area contributed by atoms with Gasteiger partial charge < -0.3 is 5.11 Å². The molecule has 0 saturated heterocycles. The molecule has 0 radical (unpaired) electrons. The largest absolute Gasteiger partial charge is 0.494 e. The minimum atomic E-state index is -0.696. The van der Waals surface area contributed by atoms with Crippen LogP contribution in [-0.4, -0.2) is 15.5 Å². The molecule has 4 aromatic rings. The highest BCUT2D eigenvalue weighted by molar-refractivity contribution is 6.06. The van der Waals surface area contributed by atoms with Crippen LogP contribution >= 0.6 is 0 Å². The maximum atomic E-state index is 14.0. The number of aryl methyl sites for hydroxylation is 1. The van der Waals surface area contributed by atoms with E-state index >= 15 is 0 Å². The van der Waals surface area contributed by atoms with E-state index in [4.69, 9.17) is 0 Å². The summed E-state index contributed by atoms with van der Waals surface area (Å²) in [4.78, 5) is 27.0. The fourth-order valence-corrected chi connectivity index (χ4v) is 4.27. The predicted octanol–water partition coefficient (Wildman–Crippen LogP) is 4.99. The molecule has 5 heteroatoms. The third-order valence-electron chi connectivity index (χ3n) is 6.04. The summed E-state index contributed by atoms with van der Waals surface area (Å²) in [6.45, 7) is 1.69. The van der Waals surface area contributed by atoms with Gasteiger partial charge in [0.2, 0.25) is 5.88 Å². The third-order valence-corrected chi connectivity index (χ3v) is 6.04. The van der Waals surface area contributed by atoms with E-state index in [1.165, 1.54) is 0 Å². The number of aromatic nitrogens is 1. The first-order valence-electron chi connectivity index (χ1n) is 11.1. The van der Waals surface area contributed by atoms with Crippen LogP contribution in [0, 0.1) is 18.3 Å². The first kappa shape index (κ1) is 22.8. The Morgan fingerprint density at radius 3 is 1.91 bits per heavy atom. The van der Waals surface area contributed by atoms with Gasteiger partial charge in [-0.25, -0.2) is 0 Å². The summed E-state index contributed by atoms with van der Waals surface area (Å²) in [6, 6.07) is 30.1. The molecule has 0 saturated carbocycles. The van der Waals surface area contributed by atoms with Gasteiger partial charge in [0.15, 0.2) is 5.78 Å². The Bertz CT molecular complexity index is 1360. The summed E-state index contributed by atoms with van der Waals surface area (Å²) < 4.78 is 1.14. The summed E-state index contributed by atoms with van der Waals surface area (Å²) in [5.41, 5.74) is 1.98. The minimum absolute atomic E-state index is 0.00178. The summed E-state index contributed by atoms with van der Waals surface area (Å²) in [5.74, 6) is -1.46. The van der Waals surface area contributed by atoms with Crippen molar-refractivity contribution in [1.82, 2.24) is 4.57 Å². The van der Waals surface area contributed by atoms with Gasteiger partial charge in [-0.2, -0.15) is 5.26 Å². The highest BCUT2D eigenvalue weighted by atomic mass is 16.3. The molecule has 1 aromatic heterocycles. The van der Waals surface area contributed by atoms with Crippen LogP contribution in [0.1, 0.15) is 44.1 Å². The molecule has 4 rings (SSSR count). The number of carbonyl (C=O) groups excluding carboxylic acids is 1. The molecule has 34 heavy (non-hydrogen) atoms. The Morgan fingerprint density at radius 1 is 0.912 bits per heavy atom. The molecule has 0 amide bonds. The Kier molecular flexibility index (Phi) is 6.70. The van der Waals surface area contributed by atoms with Crippen molar-refractivity contribution in [2.75, 3.05) is 0 Å². The maximum Gasteiger partial charge on any atom is 0.271 e. The number of benzene rings is 3. The van der Waals surface area contributed by atoms with Crippen molar-refractivity contribution in [1.29, 1.82) is 5.26 Å². The molecule has 0 fully saturated rings. The molecule has 0 bridgehead atoms. The molecule has 0 atom stereocenters. The van der Waals surface area contributed by atoms with Gasteiger partial charge in [-0.3, -0.25) is 14.2 Å². The lowest BCUT2D eigenvalue weighted by molar-refractivity contribution is 0.0968. The number of hydrogen-bond acceptors (Lipinski definition) is 4. The number of hydrogen-bond donors (Lipinski definition) is 1. The van der Waals surface area contributed by atoms with Crippen LogP contribution in [0.5, 0.6) is 5.88 Å². The van der Waals surface area contributed by atoms with Gasteiger partial charge in [-0.05, 0) is 35.6 Å². The van der Waals surface area contributed by atoms with Gasteiger partial charge in [-0.1, -0.05) is 91.0 Å². The quantitative estimate of drug-likeness (QED) is 0.404. The molecule has 0 aliphatic carbocycles. The van der Waals surface area contributed by atoms with Crippen molar-refractivity contribution in [3.8, 4) is 11.9 Å². The van der Waals surface area contributed by atoms with E-state index in [-0.39, 0.29) is 29.0 Å². The Morgan fingerprint density at radius 2 is 1.41 bits per heavy atom. The lowest BCUT2D eigenvalue weighted by atomic mass is 9.83. The smallest absolute Gasteiger partial charge is 0.271 e. The van der Waals surface area contributed by atoms with Crippen LogP contribution in [0.3, 0.4) is 0 Å². The van der Waals surface area contributed by atoms with E-state index in [9.17, 15) is 20.0 Å². The molecule has 3 aromatic carbocycles. The van der Waals surface area contributed by atoms with Gasteiger partial charge in [0, 0.05) is 6.54 Å². The standard InChI is InChI=1S/C29H24N2O3/c1-20-24(19-30)28(33)31(18-17-21-11-5-2-6-12-21)29(34)25(20)27(32)26(22-13-7-3-8-14-22)23-15-9-4-10-16-23/h2-16,26,34H,17-18H2,1H3. The molecule has 0 spiro atoms. The Hall–Kier alpha value is -4.43. The van der Waals surface area contributed by atoms with Crippen LogP contribution < -0.4 is 5.56 Å². The van der Waals surface area contributed by atoms with Gasteiger partial charge >= 0.3 is 0 Å². The number of pyridine rings is 1. The zero-order valence-electron chi connectivity index (χ0n) is 18.8. The van der Waals surface area contributed by atoms with Crippen molar-refractivity contribution < 1.29 is 9.90 Å². The average molecular weight is 449 g/mol.